The first-order valence-corrected chi connectivity index (χ1v) is 38.3. The van der Waals surface area contributed by atoms with Crippen LogP contribution in [0.1, 0.15) is 104 Å². The summed E-state index contributed by atoms with van der Waals surface area (Å²) in [4.78, 5) is 90.9. The Morgan fingerprint density at radius 2 is 0.983 bits per heavy atom. The van der Waals surface area contributed by atoms with E-state index in [1.807, 2.05) is 61.8 Å². The molecule has 0 aliphatic carbocycles. The number of H-pyrrole nitrogens is 2. The molecule has 44 heteroatoms. The Hall–Kier alpha value is -13.6. The third-order valence-electron chi connectivity index (χ3n) is 21.7. The van der Waals surface area contributed by atoms with Crippen LogP contribution in [0.3, 0.4) is 0 Å². The first-order chi connectivity index (χ1) is 58.2. The average Bonchev–Trinajstić information content (AvgIpc) is 1.74. The van der Waals surface area contributed by atoms with Crippen LogP contribution in [0.5, 0.6) is 0 Å². The molecule has 7 unspecified atom stereocenters. The van der Waals surface area contributed by atoms with E-state index in [-0.39, 0.29) is 59.2 Å². The SMILES string of the molecule is CC1C(C(N)=O)CCCN1c1ccnc(-c2cnc3cnc(C(F)(F)F)cn23)n1.CC1C(C2=CCN=C2)NCCN1c1ccnc(-c2cnc3cnc(C(F)(F)F)cn23)n1.CC1NCCN(c2ccnc(-c3cnc4cnc(C(F)F)cn34)n2)C1c1cn[nH]c1.Cc1[nH]ncc1C1CCCN(c2ccnc(-c3cnc4cnc(C(F)(F)F)cn34)n2)C1. The van der Waals surface area contributed by atoms with Gasteiger partial charge in [-0.2, -0.15) is 49.7 Å². The normalized spacial score (nSPS) is 19.7. The van der Waals surface area contributed by atoms with Gasteiger partial charge >= 0.3 is 18.5 Å². The number of nitrogens with two attached hydrogens (primary N) is 1. The zero-order chi connectivity index (χ0) is 84.6. The lowest BCUT2D eigenvalue weighted by Gasteiger charge is -2.41. The maximum absolute atomic E-state index is 13.1. The van der Waals surface area contributed by atoms with Gasteiger partial charge in [0.25, 0.3) is 6.43 Å². The van der Waals surface area contributed by atoms with Crippen LogP contribution >= 0.6 is 0 Å². The fraction of sp³-hybridized carbons (Fsp3) is 0.351. The number of nitrogens with one attached hydrogen (secondary N) is 4. The third kappa shape index (κ3) is 17.1. The molecule has 626 valence electrons. The Kier molecular flexibility index (Phi) is 22.6. The Morgan fingerprint density at radius 1 is 0.512 bits per heavy atom. The van der Waals surface area contributed by atoms with Crippen molar-refractivity contribution in [3.05, 3.63) is 193 Å². The van der Waals surface area contributed by atoms with E-state index in [4.69, 9.17) is 10.7 Å². The predicted molar refractivity (Wildman–Crippen MR) is 418 cm³/mol. The largest absolute Gasteiger partial charge is 0.434 e. The predicted octanol–water partition coefficient (Wildman–Crippen LogP) is 10.7. The van der Waals surface area contributed by atoms with Crippen molar-refractivity contribution in [3.8, 4) is 46.1 Å². The Labute approximate surface area is 679 Å². The van der Waals surface area contributed by atoms with Crippen molar-refractivity contribution >= 4 is 58.0 Å². The van der Waals surface area contributed by atoms with Gasteiger partial charge in [0, 0.05) is 143 Å². The number of amides is 1. The molecule has 0 spiro atoms. The van der Waals surface area contributed by atoms with E-state index in [0.29, 0.717) is 94.3 Å². The summed E-state index contributed by atoms with van der Waals surface area (Å²) < 4.78 is 149. The van der Waals surface area contributed by atoms with Gasteiger partial charge in [-0.1, -0.05) is 6.08 Å². The van der Waals surface area contributed by atoms with E-state index in [0.717, 1.165) is 124 Å². The number of anilines is 4. The summed E-state index contributed by atoms with van der Waals surface area (Å²) in [7, 11) is 0. The van der Waals surface area contributed by atoms with Crippen molar-refractivity contribution in [2.75, 3.05) is 72.0 Å². The standard InChI is InChI=1S/2C20H19F3N8.C19H19F2N9.C18H18F3N7O/c1-12-18(13-2-4-24-8-13)25-6-7-30(12)16-3-5-26-19(29-16)14-9-28-17-10-27-15(11-31(14)17)20(21,22)23;1-12-14(7-27-29-12)13-3-2-6-30(10-13)17-4-5-24-19(28-17)15-8-26-18-9-25-16(11-31(15)18)20(21,22)23;1-11-17(12-6-26-27-7-12)29(5-4-22-11)15-2-3-23-19(28-15)14-8-25-16-9-24-13(18(20)21)10-30(14)16;1-10-11(16(22)29)3-2-6-27(10)14-4-5-23-17(26-14)12-7-25-15-8-24-13(9-28(12)15)18(19,20)21/h2-3,5,8-12,18,25H,4,6-7H2,1H3;4-5,7-9,11,13H,2-3,6,10H2,1H3,(H,27,29);2-3,6-11,17-18,22H,4-5H2,1H3,(H,26,27);4-5,7-11H,2-3,6H2,1H3,(H2,22,29). The van der Waals surface area contributed by atoms with E-state index in [9.17, 15) is 53.1 Å². The molecule has 121 heavy (non-hydrogen) atoms. The van der Waals surface area contributed by atoms with Crippen LogP contribution < -0.4 is 36.0 Å². The lowest BCUT2D eigenvalue weighted by atomic mass is 9.89. The molecule has 6 N–H and O–H groups in total. The summed E-state index contributed by atoms with van der Waals surface area (Å²) in [5, 5.41) is 21.1. The molecule has 4 saturated heterocycles. The number of carbonyl (C=O) groups is 1. The maximum Gasteiger partial charge on any atom is 0.434 e. The molecule has 14 aromatic rings. The van der Waals surface area contributed by atoms with Gasteiger partial charge in [0.2, 0.25) is 5.91 Å². The minimum absolute atomic E-state index is 0.0390. The van der Waals surface area contributed by atoms with Gasteiger partial charge < -0.3 is 36.0 Å². The fourth-order valence-corrected chi connectivity index (χ4v) is 15.7. The molecule has 5 aliphatic heterocycles. The number of primary amides is 1. The smallest absolute Gasteiger partial charge is 0.369 e. The van der Waals surface area contributed by atoms with Gasteiger partial charge in [-0.25, -0.2) is 88.5 Å². The number of halogens is 11. The van der Waals surface area contributed by atoms with Crippen LogP contribution in [0.25, 0.3) is 68.7 Å². The minimum Gasteiger partial charge on any atom is -0.369 e. The molecule has 33 nitrogen and oxygen atoms in total. The number of piperidine rings is 2. The maximum atomic E-state index is 13.1. The number of aliphatic imine (C=N–C) groups is 1. The van der Waals surface area contributed by atoms with Crippen LogP contribution in [0.15, 0.2) is 159 Å². The number of nitrogens with zero attached hydrogens (tertiary/aromatic N) is 27. The molecule has 19 heterocycles. The van der Waals surface area contributed by atoms with E-state index in [1.165, 1.54) is 55.9 Å². The highest BCUT2D eigenvalue weighted by Gasteiger charge is 2.39. The fourth-order valence-electron chi connectivity index (χ4n) is 15.7. The number of hydrogen-bond donors (Lipinski definition) is 5. The molecule has 19 rings (SSSR count). The third-order valence-corrected chi connectivity index (χ3v) is 21.7. The number of rotatable bonds is 13. The molecule has 5 aliphatic rings. The Balaban J connectivity index is 0.000000120. The second-order valence-electron chi connectivity index (χ2n) is 29.2. The molecule has 14 aromatic heterocycles. The highest BCUT2D eigenvalue weighted by atomic mass is 19.4. The zero-order valence-corrected chi connectivity index (χ0v) is 64.8. The Bertz CT molecular complexity index is 6100. The van der Waals surface area contributed by atoms with Crippen molar-refractivity contribution in [1.82, 2.24) is 128 Å². The van der Waals surface area contributed by atoms with Crippen molar-refractivity contribution in [2.45, 2.75) is 114 Å². The first kappa shape index (κ1) is 81.2. The lowest BCUT2D eigenvalue weighted by Crippen LogP contribution is -2.57. The van der Waals surface area contributed by atoms with Crippen LogP contribution in [0.4, 0.5) is 71.6 Å². The van der Waals surface area contributed by atoms with Crippen LogP contribution in [-0.2, 0) is 23.3 Å². The van der Waals surface area contributed by atoms with Crippen molar-refractivity contribution in [3.63, 3.8) is 0 Å². The molecule has 4 fully saturated rings. The highest BCUT2D eigenvalue weighted by molar-refractivity contribution is 5.83. The molecule has 0 saturated carbocycles. The molecule has 1 amide bonds. The lowest BCUT2D eigenvalue weighted by molar-refractivity contribution is -0.142. The van der Waals surface area contributed by atoms with Gasteiger partial charge in [-0.3, -0.25) is 37.6 Å². The number of aryl methyl sites for hydroxylation is 1. The second kappa shape index (κ2) is 33.7. The second-order valence-corrected chi connectivity index (χ2v) is 29.2. The van der Waals surface area contributed by atoms with Gasteiger partial charge in [-0.05, 0) is 88.8 Å². The number of aromatic nitrogens is 24. The molecular weight excluding hydrogens is 1600 g/mol. The average molecular weight is 1670 g/mol. The first-order valence-electron chi connectivity index (χ1n) is 38.3. The van der Waals surface area contributed by atoms with E-state index < -0.39 is 42.0 Å². The minimum atomic E-state index is -4.58. The number of imidazole rings is 4. The molecule has 0 radical (unpaired) electrons. The van der Waals surface area contributed by atoms with Gasteiger partial charge in [0.15, 0.2) is 63.0 Å². The number of carbonyl (C=O) groups excluding carboxylic acids is 1. The summed E-state index contributed by atoms with van der Waals surface area (Å²) in [5.74, 6) is 3.69. The van der Waals surface area contributed by atoms with Crippen LogP contribution in [0, 0.1) is 12.8 Å². The van der Waals surface area contributed by atoms with E-state index in [1.54, 1.807) is 35.3 Å². The zero-order valence-electron chi connectivity index (χ0n) is 64.8. The van der Waals surface area contributed by atoms with Crippen molar-refractivity contribution < 1.29 is 53.1 Å². The van der Waals surface area contributed by atoms with Gasteiger partial charge in [0.1, 0.15) is 51.7 Å². The number of hydrogen-bond acceptors (Lipinski definition) is 26. The van der Waals surface area contributed by atoms with Crippen LogP contribution in [-0.4, -0.2) is 206 Å². The highest BCUT2D eigenvalue weighted by Crippen LogP contribution is 2.38. The quantitative estimate of drug-likeness (QED) is 0.0669. The van der Waals surface area contributed by atoms with Gasteiger partial charge in [-0.15, -0.1) is 0 Å². The summed E-state index contributed by atoms with van der Waals surface area (Å²) in [6.07, 6.45) is 17.7. The summed E-state index contributed by atoms with van der Waals surface area (Å²) in [5.41, 5.74) is 9.51. The molecular formula is C77H75F11N32O. The number of fused-ring (bicyclic) bond motifs is 4. The monoisotopic (exact) mass is 1670 g/mol. The topological polar surface area (TPSA) is 374 Å². The Morgan fingerprint density at radius 3 is 1.45 bits per heavy atom. The van der Waals surface area contributed by atoms with Gasteiger partial charge in [0.05, 0.1) is 86.5 Å². The van der Waals surface area contributed by atoms with Crippen molar-refractivity contribution in [1.29, 1.82) is 0 Å². The van der Waals surface area contributed by atoms with E-state index in [2.05, 4.69) is 145 Å². The number of alkyl halides is 11. The molecule has 7 atom stereocenters. The van der Waals surface area contributed by atoms with Crippen molar-refractivity contribution in [2.24, 2.45) is 16.6 Å². The number of piperazine rings is 2. The molecule has 0 aromatic carbocycles. The summed E-state index contributed by atoms with van der Waals surface area (Å²) in [6, 6.07) is 7.49. The number of aromatic amines is 2. The summed E-state index contributed by atoms with van der Waals surface area (Å²) in [6.45, 7) is 14.3. The summed E-state index contributed by atoms with van der Waals surface area (Å²) >= 11 is 0. The molecule has 0 bridgehead atoms. The van der Waals surface area contributed by atoms with Crippen LogP contribution in [0.2, 0.25) is 0 Å². The van der Waals surface area contributed by atoms with E-state index >= 15 is 0 Å².